The molecule has 178 valence electrons. The number of amides is 1. The molecule has 0 spiro atoms. The first-order valence-electron chi connectivity index (χ1n) is 11.6. The fourth-order valence-corrected chi connectivity index (χ4v) is 4.97. The topological polar surface area (TPSA) is 62.5 Å². The van der Waals surface area contributed by atoms with Crippen molar-refractivity contribution in [2.75, 3.05) is 18.4 Å². The minimum Gasteiger partial charge on any atom is -0.367 e. The summed E-state index contributed by atoms with van der Waals surface area (Å²) in [5.41, 5.74) is 4.16. The van der Waals surface area contributed by atoms with Gasteiger partial charge < -0.3 is 10.2 Å². The van der Waals surface area contributed by atoms with Crippen LogP contribution in [-0.2, 0) is 4.79 Å². The van der Waals surface area contributed by atoms with Crippen molar-refractivity contribution in [1.82, 2.24) is 19.5 Å². The van der Waals surface area contributed by atoms with Crippen molar-refractivity contribution in [3.63, 3.8) is 0 Å². The van der Waals surface area contributed by atoms with Crippen molar-refractivity contribution in [1.29, 1.82) is 0 Å². The first-order chi connectivity index (χ1) is 17.0. The van der Waals surface area contributed by atoms with Crippen molar-refractivity contribution in [2.45, 2.75) is 25.8 Å². The highest BCUT2D eigenvalue weighted by Crippen LogP contribution is 2.31. The first-order valence-corrected chi connectivity index (χ1v) is 12.7. The first kappa shape index (κ1) is 23.6. The third-order valence-corrected chi connectivity index (χ3v) is 7.12. The number of hydrogen-bond acceptors (Lipinski definition) is 4. The van der Waals surface area contributed by atoms with Crippen LogP contribution in [0.15, 0.2) is 76.9 Å². The Morgan fingerprint density at radius 1 is 1.11 bits per heavy atom. The van der Waals surface area contributed by atoms with Crippen LogP contribution in [0.1, 0.15) is 25.3 Å². The van der Waals surface area contributed by atoms with E-state index in [1.54, 1.807) is 10.7 Å². The van der Waals surface area contributed by atoms with Crippen molar-refractivity contribution < 1.29 is 4.79 Å². The fraction of sp³-hybridized carbons (Fsp3) is 0.222. The zero-order chi connectivity index (χ0) is 24.4. The second kappa shape index (κ2) is 10.2. The van der Waals surface area contributed by atoms with Gasteiger partial charge in [-0.15, -0.1) is 0 Å². The van der Waals surface area contributed by atoms with Gasteiger partial charge in [-0.3, -0.25) is 4.79 Å². The molecule has 0 unspecified atom stereocenters. The van der Waals surface area contributed by atoms with Gasteiger partial charge in [0.15, 0.2) is 5.65 Å². The zero-order valence-electron chi connectivity index (χ0n) is 19.3. The lowest BCUT2D eigenvalue weighted by atomic mass is 10.0. The van der Waals surface area contributed by atoms with Gasteiger partial charge in [0.25, 0.3) is 0 Å². The molecule has 0 aliphatic carbocycles. The Morgan fingerprint density at radius 3 is 2.57 bits per heavy atom. The molecule has 0 saturated carbocycles. The molecule has 5 rings (SSSR count). The summed E-state index contributed by atoms with van der Waals surface area (Å²) in [7, 11) is 0. The van der Waals surface area contributed by atoms with Crippen LogP contribution in [0.4, 0.5) is 5.82 Å². The molecule has 2 aromatic heterocycles. The standard InChI is InChI=1S/C27H25BrClN5O/c1-18(15-19-7-3-2-4-8-19)27(35)33-13-11-20(12-14-33)31-25-16-24(21-9-5-6-10-23(21)29)32-26-22(28)17-30-34(25)26/h2-10,15-17,20,31H,11-14H2,1H3/b18-15+. The van der Waals surface area contributed by atoms with Crippen molar-refractivity contribution >= 4 is 51.0 Å². The maximum atomic E-state index is 13.0. The average molecular weight is 551 g/mol. The molecule has 1 aliphatic rings. The second-order valence-electron chi connectivity index (χ2n) is 8.68. The Bertz CT molecular complexity index is 1390. The predicted molar refractivity (Wildman–Crippen MR) is 144 cm³/mol. The molecule has 3 heterocycles. The normalized spacial score (nSPS) is 14.9. The Balaban J connectivity index is 1.31. The predicted octanol–water partition coefficient (Wildman–Crippen LogP) is 6.32. The molecular formula is C27H25BrClN5O. The molecule has 1 fully saturated rings. The summed E-state index contributed by atoms with van der Waals surface area (Å²) >= 11 is 10.0. The molecule has 0 radical (unpaired) electrons. The van der Waals surface area contributed by atoms with E-state index in [9.17, 15) is 4.79 Å². The Hall–Kier alpha value is -3.16. The van der Waals surface area contributed by atoms with Gasteiger partial charge in [0.05, 0.1) is 16.4 Å². The smallest absolute Gasteiger partial charge is 0.249 e. The summed E-state index contributed by atoms with van der Waals surface area (Å²) in [6.45, 7) is 3.29. The van der Waals surface area contributed by atoms with Gasteiger partial charge in [0.1, 0.15) is 5.82 Å². The van der Waals surface area contributed by atoms with E-state index >= 15 is 0 Å². The van der Waals surface area contributed by atoms with E-state index in [2.05, 4.69) is 26.3 Å². The molecule has 0 atom stereocenters. The number of rotatable bonds is 5. The van der Waals surface area contributed by atoms with Gasteiger partial charge in [0, 0.05) is 41.4 Å². The quantitative estimate of drug-likeness (QED) is 0.296. The van der Waals surface area contributed by atoms with Gasteiger partial charge in [0.2, 0.25) is 5.91 Å². The summed E-state index contributed by atoms with van der Waals surface area (Å²) in [5.74, 6) is 0.941. The number of carbonyl (C=O) groups excluding carboxylic acids is 1. The lowest BCUT2D eigenvalue weighted by Gasteiger charge is -2.33. The average Bonchev–Trinajstić information content (AvgIpc) is 3.26. The highest BCUT2D eigenvalue weighted by atomic mass is 79.9. The number of likely N-dealkylation sites (tertiary alicyclic amines) is 1. The van der Waals surface area contributed by atoms with Crippen LogP contribution in [0, 0.1) is 0 Å². The monoisotopic (exact) mass is 549 g/mol. The van der Waals surface area contributed by atoms with Gasteiger partial charge >= 0.3 is 0 Å². The van der Waals surface area contributed by atoms with E-state index in [4.69, 9.17) is 16.6 Å². The van der Waals surface area contributed by atoms with Crippen LogP contribution in [0.2, 0.25) is 5.02 Å². The summed E-state index contributed by atoms with van der Waals surface area (Å²) < 4.78 is 2.62. The number of halogens is 2. The molecular weight excluding hydrogens is 526 g/mol. The second-order valence-corrected chi connectivity index (χ2v) is 9.94. The van der Waals surface area contributed by atoms with Crippen LogP contribution in [0.3, 0.4) is 0 Å². The summed E-state index contributed by atoms with van der Waals surface area (Å²) in [6.07, 6.45) is 5.38. The third kappa shape index (κ3) is 5.11. The molecule has 1 N–H and O–H groups in total. The van der Waals surface area contributed by atoms with E-state index in [0.717, 1.165) is 51.2 Å². The summed E-state index contributed by atoms with van der Waals surface area (Å²) in [5, 5.41) is 8.78. The van der Waals surface area contributed by atoms with E-state index in [-0.39, 0.29) is 11.9 Å². The number of nitrogens with one attached hydrogen (secondary N) is 1. The number of aromatic nitrogens is 3. The molecule has 1 saturated heterocycles. The maximum Gasteiger partial charge on any atom is 0.249 e. The van der Waals surface area contributed by atoms with Crippen LogP contribution >= 0.6 is 27.5 Å². The van der Waals surface area contributed by atoms with Gasteiger partial charge in [-0.1, -0.05) is 60.1 Å². The lowest BCUT2D eigenvalue weighted by Crippen LogP contribution is -2.42. The van der Waals surface area contributed by atoms with E-state index in [0.29, 0.717) is 18.1 Å². The largest absolute Gasteiger partial charge is 0.367 e. The van der Waals surface area contributed by atoms with Crippen LogP contribution in [0.25, 0.3) is 23.0 Å². The van der Waals surface area contributed by atoms with Crippen molar-refractivity contribution in [3.05, 3.63) is 87.5 Å². The van der Waals surface area contributed by atoms with Crippen LogP contribution in [-0.4, -0.2) is 44.5 Å². The van der Waals surface area contributed by atoms with Gasteiger partial charge in [-0.05, 0) is 53.4 Å². The Labute approximate surface area is 217 Å². The summed E-state index contributed by atoms with van der Waals surface area (Å²) in [4.78, 5) is 19.7. The van der Waals surface area contributed by atoms with Crippen LogP contribution < -0.4 is 5.32 Å². The molecule has 35 heavy (non-hydrogen) atoms. The van der Waals surface area contributed by atoms with Crippen molar-refractivity contribution in [3.8, 4) is 11.3 Å². The third-order valence-electron chi connectivity index (χ3n) is 6.23. The number of carbonyl (C=O) groups is 1. The number of nitrogens with zero attached hydrogens (tertiary/aromatic N) is 4. The van der Waals surface area contributed by atoms with E-state index in [1.165, 1.54) is 0 Å². The maximum absolute atomic E-state index is 13.0. The molecule has 0 bridgehead atoms. The van der Waals surface area contributed by atoms with E-state index in [1.807, 2.05) is 78.6 Å². The van der Waals surface area contributed by atoms with E-state index < -0.39 is 0 Å². The minimum atomic E-state index is 0.0932. The minimum absolute atomic E-state index is 0.0932. The molecule has 1 amide bonds. The molecule has 6 nitrogen and oxygen atoms in total. The summed E-state index contributed by atoms with van der Waals surface area (Å²) in [6, 6.07) is 19.8. The number of benzene rings is 2. The fourth-order valence-electron chi connectivity index (χ4n) is 4.39. The molecule has 8 heteroatoms. The number of fused-ring (bicyclic) bond motifs is 1. The molecule has 1 aliphatic heterocycles. The molecule has 2 aromatic carbocycles. The van der Waals surface area contributed by atoms with Crippen molar-refractivity contribution in [2.24, 2.45) is 0 Å². The highest BCUT2D eigenvalue weighted by Gasteiger charge is 2.24. The Kier molecular flexibility index (Phi) is 6.88. The SMILES string of the molecule is C/C(=C\c1ccccc1)C(=O)N1CCC(Nc2cc(-c3ccccc3Cl)nc3c(Br)cnn23)CC1. The van der Waals surface area contributed by atoms with Gasteiger partial charge in [-0.2, -0.15) is 9.61 Å². The number of anilines is 1. The van der Waals surface area contributed by atoms with Gasteiger partial charge in [-0.25, -0.2) is 4.98 Å². The number of piperidine rings is 1. The lowest BCUT2D eigenvalue weighted by molar-refractivity contribution is -0.127. The number of hydrogen-bond donors (Lipinski definition) is 1. The Morgan fingerprint density at radius 2 is 1.83 bits per heavy atom. The zero-order valence-corrected chi connectivity index (χ0v) is 21.6. The highest BCUT2D eigenvalue weighted by molar-refractivity contribution is 9.10. The molecule has 4 aromatic rings. The van der Waals surface area contributed by atoms with Crippen LogP contribution in [0.5, 0.6) is 0 Å².